The Morgan fingerprint density at radius 2 is 1.28 bits per heavy atom. The summed E-state index contributed by atoms with van der Waals surface area (Å²) in [5, 5.41) is 3.47. The number of carbonyl (C=O) groups excluding carboxylic acids is 1. The van der Waals surface area contributed by atoms with Gasteiger partial charge in [0.1, 0.15) is 0 Å². The second kappa shape index (κ2) is 13.6. The van der Waals surface area contributed by atoms with Crippen molar-refractivity contribution in [2.45, 2.75) is 155 Å². The molecule has 0 aromatic heterocycles. The van der Waals surface area contributed by atoms with Crippen molar-refractivity contribution in [3.05, 3.63) is 0 Å². The number of rotatable bonds is 15. The number of nitrogens with one attached hydrogen (secondary N) is 1. The van der Waals surface area contributed by atoms with Gasteiger partial charge in [-0.05, 0) is 42.7 Å². The van der Waals surface area contributed by atoms with Crippen LogP contribution < -0.4 is 5.32 Å². The quantitative estimate of drug-likeness (QED) is 0.188. The van der Waals surface area contributed by atoms with Gasteiger partial charge in [-0.15, -0.1) is 0 Å². The van der Waals surface area contributed by atoms with Gasteiger partial charge in [0.05, 0.1) is 18.8 Å². The van der Waals surface area contributed by atoms with E-state index in [1.54, 1.807) is 6.92 Å². The fourth-order valence-electron chi connectivity index (χ4n) is 3.22. The molecule has 0 saturated heterocycles. The third-order valence-electron chi connectivity index (χ3n) is 7.61. The standard InChI is InChI=1S/C26H57NO3Si2/c1-13-14-15-16-17-18-19-20-24(30-32(11,12)26(6,7)8)23(27-22(2)28)21-29-31(9,10)25(3,4)5/h23-24H,13-21H2,1-12H3,(H,27,28)/t23-,24+/m0/s1. The molecule has 6 heteroatoms. The highest BCUT2D eigenvalue weighted by molar-refractivity contribution is 6.74. The van der Waals surface area contributed by atoms with Crippen molar-refractivity contribution < 1.29 is 13.6 Å². The lowest BCUT2D eigenvalue weighted by atomic mass is 10.0. The predicted octanol–water partition coefficient (Wildman–Crippen LogP) is 8.04. The minimum Gasteiger partial charge on any atom is -0.415 e. The molecular formula is C26H57NO3Si2. The van der Waals surface area contributed by atoms with Gasteiger partial charge in [-0.25, -0.2) is 0 Å². The van der Waals surface area contributed by atoms with Crippen LogP contribution in [0.3, 0.4) is 0 Å². The van der Waals surface area contributed by atoms with E-state index in [1.807, 2.05) is 0 Å². The number of unbranched alkanes of at least 4 members (excludes halogenated alkanes) is 6. The molecule has 0 aliphatic carbocycles. The molecule has 0 aromatic rings. The van der Waals surface area contributed by atoms with E-state index in [4.69, 9.17) is 8.85 Å². The normalized spacial score (nSPS) is 15.5. The van der Waals surface area contributed by atoms with E-state index in [0.29, 0.717) is 6.61 Å². The molecule has 0 saturated carbocycles. The molecule has 0 spiro atoms. The Hall–Kier alpha value is -0.176. The van der Waals surface area contributed by atoms with E-state index in [1.165, 1.54) is 38.5 Å². The minimum atomic E-state index is -1.97. The van der Waals surface area contributed by atoms with E-state index in [2.05, 4.69) is 80.0 Å². The zero-order chi connectivity index (χ0) is 25.2. The fraction of sp³-hybridized carbons (Fsp3) is 0.962. The first kappa shape index (κ1) is 31.8. The largest absolute Gasteiger partial charge is 0.415 e. The third kappa shape index (κ3) is 11.8. The molecule has 2 atom stereocenters. The lowest BCUT2D eigenvalue weighted by Gasteiger charge is -2.43. The summed E-state index contributed by atoms with van der Waals surface area (Å²) in [4.78, 5) is 12.1. The van der Waals surface area contributed by atoms with Crippen molar-refractivity contribution in [3.8, 4) is 0 Å². The molecule has 0 aliphatic heterocycles. The van der Waals surface area contributed by atoms with Gasteiger partial charge >= 0.3 is 0 Å². The third-order valence-corrected chi connectivity index (χ3v) is 16.6. The van der Waals surface area contributed by atoms with Gasteiger partial charge in [-0.1, -0.05) is 93.4 Å². The topological polar surface area (TPSA) is 47.6 Å². The highest BCUT2D eigenvalue weighted by Gasteiger charge is 2.42. The zero-order valence-electron chi connectivity index (χ0n) is 23.7. The molecule has 0 radical (unpaired) electrons. The summed E-state index contributed by atoms with van der Waals surface area (Å²) >= 11 is 0. The van der Waals surface area contributed by atoms with Crippen molar-refractivity contribution in [1.29, 1.82) is 0 Å². The Morgan fingerprint density at radius 3 is 1.72 bits per heavy atom. The smallest absolute Gasteiger partial charge is 0.217 e. The number of amides is 1. The maximum absolute atomic E-state index is 12.1. The molecule has 0 unspecified atom stereocenters. The van der Waals surface area contributed by atoms with E-state index < -0.39 is 16.6 Å². The van der Waals surface area contributed by atoms with Gasteiger partial charge in [0.2, 0.25) is 5.91 Å². The predicted molar refractivity (Wildman–Crippen MR) is 145 cm³/mol. The summed E-state index contributed by atoms with van der Waals surface area (Å²) in [6, 6.07) is -0.101. The van der Waals surface area contributed by atoms with Gasteiger partial charge in [0.25, 0.3) is 0 Å². The molecule has 4 nitrogen and oxygen atoms in total. The average molecular weight is 488 g/mol. The highest BCUT2D eigenvalue weighted by Crippen LogP contribution is 2.39. The van der Waals surface area contributed by atoms with Gasteiger partial charge in [0, 0.05) is 6.92 Å². The summed E-state index contributed by atoms with van der Waals surface area (Å²) in [5.41, 5.74) is 0. The minimum absolute atomic E-state index is 0.000187. The number of carbonyl (C=O) groups is 1. The molecule has 1 N–H and O–H groups in total. The molecular weight excluding hydrogens is 430 g/mol. The van der Waals surface area contributed by atoms with Crippen LogP contribution in [0.2, 0.25) is 36.3 Å². The molecule has 1 amide bonds. The summed E-state index contributed by atoms with van der Waals surface area (Å²) < 4.78 is 13.5. The Kier molecular flexibility index (Phi) is 13.6. The summed E-state index contributed by atoms with van der Waals surface area (Å²) in [7, 11) is -3.89. The molecule has 0 aliphatic rings. The molecule has 0 rings (SSSR count). The molecule has 0 fully saturated rings. The van der Waals surface area contributed by atoms with Crippen LogP contribution in [0, 0.1) is 0 Å². The molecule has 192 valence electrons. The SMILES string of the molecule is CCCCCCCCC[C@@H](O[Si](C)(C)C(C)(C)C)[C@H](CO[Si](C)(C)C(C)(C)C)NC(C)=O. The Bertz CT molecular complexity index is 536. The summed E-state index contributed by atoms with van der Waals surface area (Å²) in [6.45, 7) is 27.2. The summed E-state index contributed by atoms with van der Waals surface area (Å²) in [5.74, 6) is -0.00257. The van der Waals surface area contributed by atoms with Crippen LogP contribution >= 0.6 is 0 Å². The Labute approximate surface area is 203 Å². The van der Waals surface area contributed by atoms with Gasteiger partial charge in [-0.2, -0.15) is 0 Å². The molecule has 0 aromatic carbocycles. The molecule has 0 bridgehead atoms. The van der Waals surface area contributed by atoms with Crippen LogP contribution in [0.4, 0.5) is 0 Å². The maximum Gasteiger partial charge on any atom is 0.217 e. The first-order valence-electron chi connectivity index (χ1n) is 13.0. The van der Waals surface area contributed by atoms with Crippen LogP contribution in [-0.2, 0) is 13.6 Å². The van der Waals surface area contributed by atoms with Gasteiger partial charge in [0.15, 0.2) is 16.6 Å². The zero-order valence-corrected chi connectivity index (χ0v) is 25.7. The van der Waals surface area contributed by atoms with Crippen molar-refractivity contribution in [3.63, 3.8) is 0 Å². The lowest BCUT2D eigenvalue weighted by Crippen LogP contribution is -2.55. The Morgan fingerprint density at radius 1 is 0.812 bits per heavy atom. The molecule has 0 heterocycles. The summed E-state index contributed by atoms with van der Waals surface area (Å²) in [6.07, 6.45) is 9.94. The van der Waals surface area contributed by atoms with Crippen LogP contribution in [0.25, 0.3) is 0 Å². The first-order chi connectivity index (χ1) is 14.4. The van der Waals surface area contributed by atoms with E-state index in [-0.39, 0.29) is 28.1 Å². The van der Waals surface area contributed by atoms with Crippen LogP contribution in [0.1, 0.15) is 107 Å². The van der Waals surface area contributed by atoms with E-state index in [9.17, 15) is 4.79 Å². The number of hydrogen-bond acceptors (Lipinski definition) is 3. The van der Waals surface area contributed by atoms with Crippen LogP contribution in [0.5, 0.6) is 0 Å². The highest BCUT2D eigenvalue weighted by atomic mass is 28.4. The van der Waals surface area contributed by atoms with Crippen molar-refractivity contribution in [1.82, 2.24) is 5.32 Å². The second-order valence-corrected chi connectivity index (χ2v) is 22.3. The van der Waals surface area contributed by atoms with Crippen LogP contribution in [0.15, 0.2) is 0 Å². The van der Waals surface area contributed by atoms with Gasteiger partial charge < -0.3 is 14.2 Å². The monoisotopic (exact) mass is 487 g/mol. The van der Waals surface area contributed by atoms with Crippen molar-refractivity contribution >= 4 is 22.5 Å². The van der Waals surface area contributed by atoms with Crippen molar-refractivity contribution in [2.75, 3.05) is 6.61 Å². The fourth-order valence-corrected chi connectivity index (χ4v) is 5.64. The van der Waals surface area contributed by atoms with Gasteiger partial charge in [-0.3, -0.25) is 4.79 Å². The van der Waals surface area contributed by atoms with Crippen LogP contribution in [-0.4, -0.2) is 41.3 Å². The van der Waals surface area contributed by atoms with Crippen molar-refractivity contribution in [2.24, 2.45) is 0 Å². The number of hydrogen-bond donors (Lipinski definition) is 1. The van der Waals surface area contributed by atoms with E-state index in [0.717, 1.165) is 12.8 Å². The second-order valence-electron chi connectivity index (χ2n) is 12.7. The lowest BCUT2D eigenvalue weighted by molar-refractivity contribution is -0.120. The Balaban J connectivity index is 5.41. The average Bonchev–Trinajstić information content (AvgIpc) is 2.61. The van der Waals surface area contributed by atoms with E-state index >= 15 is 0 Å². The molecule has 32 heavy (non-hydrogen) atoms. The first-order valence-corrected chi connectivity index (χ1v) is 18.8. The maximum atomic E-state index is 12.1.